The van der Waals surface area contributed by atoms with E-state index in [9.17, 15) is 18.0 Å². The van der Waals surface area contributed by atoms with Crippen LogP contribution in [-0.4, -0.2) is 25.7 Å². The van der Waals surface area contributed by atoms with Gasteiger partial charge >= 0.3 is 6.18 Å². The highest BCUT2D eigenvalue weighted by molar-refractivity contribution is 6.38. The van der Waals surface area contributed by atoms with Crippen LogP contribution in [0.1, 0.15) is 21.5 Å². The van der Waals surface area contributed by atoms with Crippen molar-refractivity contribution in [2.45, 2.75) is 12.7 Å². The summed E-state index contributed by atoms with van der Waals surface area (Å²) in [4.78, 5) is 20.8. The van der Waals surface area contributed by atoms with Gasteiger partial charge in [0.15, 0.2) is 5.65 Å². The molecule has 0 bridgehead atoms. The third-order valence-corrected chi connectivity index (χ3v) is 4.80. The summed E-state index contributed by atoms with van der Waals surface area (Å²) < 4.78 is 39.6. The monoisotopic (exact) mass is 431 g/mol. The van der Waals surface area contributed by atoms with Gasteiger partial charge in [0, 0.05) is 24.3 Å². The second-order valence-electron chi connectivity index (χ2n) is 6.41. The Morgan fingerprint density at radius 3 is 2.43 bits per heavy atom. The zero-order valence-electron chi connectivity index (χ0n) is 15.2. The van der Waals surface area contributed by atoms with E-state index in [2.05, 4.69) is 20.4 Å². The number of nitrogens with zero attached hydrogens (tertiary/aromatic N) is 4. The molecule has 30 heavy (non-hydrogen) atoms. The first-order chi connectivity index (χ1) is 14.3. The Balaban J connectivity index is 1.57. The van der Waals surface area contributed by atoms with Gasteiger partial charge in [-0.25, -0.2) is 9.67 Å². The summed E-state index contributed by atoms with van der Waals surface area (Å²) in [5, 5.41) is 7.45. The molecule has 152 valence electrons. The maximum Gasteiger partial charge on any atom is 0.416 e. The normalized spacial score (nSPS) is 11.6. The summed E-state index contributed by atoms with van der Waals surface area (Å²) in [5.74, 6) is -0.587. The van der Waals surface area contributed by atoms with Crippen LogP contribution >= 0.6 is 11.6 Å². The molecule has 10 heteroatoms. The summed E-state index contributed by atoms with van der Waals surface area (Å²) in [6, 6.07) is 7.83. The van der Waals surface area contributed by atoms with Crippen LogP contribution in [0.4, 0.5) is 18.9 Å². The average molecular weight is 432 g/mol. The first kappa shape index (κ1) is 19.8. The van der Waals surface area contributed by atoms with Gasteiger partial charge in [0.1, 0.15) is 0 Å². The molecule has 3 heterocycles. The number of alkyl halides is 3. The van der Waals surface area contributed by atoms with Gasteiger partial charge in [-0.3, -0.25) is 9.78 Å². The summed E-state index contributed by atoms with van der Waals surface area (Å²) in [7, 11) is 0. The third kappa shape index (κ3) is 3.97. The van der Waals surface area contributed by atoms with E-state index in [0.29, 0.717) is 17.6 Å². The van der Waals surface area contributed by atoms with Crippen LogP contribution in [0.25, 0.3) is 11.0 Å². The number of fused-ring (bicyclic) bond motifs is 1. The molecule has 0 aliphatic carbocycles. The van der Waals surface area contributed by atoms with Gasteiger partial charge in [-0.05, 0) is 42.0 Å². The fraction of sp³-hybridized carbons (Fsp3) is 0.100. The van der Waals surface area contributed by atoms with Crippen LogP contribution in [0.2, 0.25) is 5.02 Å². The molecule has 0 spiro atoms. The van der Waals surface area contributed by atoms with Crippen molar-refractivity contribution < 1.29 is 18.0 Å². The molecule has 1 aromatic carbocycles. The second-order valence-corrected chi connectivity index (χ2v) is 6.79. The van der Waals surface area contributed by atoms with Crippen molar-refractivity contribution in [2.75, 3.05) is 5.32 Å². The van der Waals surface area contributed by atoms with Gasteiger partial charge < -0.3 is 5.32 Å². The van der Waals surface area contributed by atoms with Crippen molar-refractivity contribution in [1.82, 2.24) is 19.7 Å². The summed E-state index contributed by atoms with van der Waals surface area (Å²) in [6.07, 6.45) is 1.73. The summed E-state index contributed by atoms with van der Waals surface area (Å²) in [6.45, 7) is 0.451. The Bertz CT molecular complexity index is 1210. The van der Waals surface area contributed by atoms with E-state index < -0.39 is 17.6 Å². The van der Waals surface area contributed by atoms with Crippen LogP contribution in [0.3, 0.4) is 0 Å². The third-order valence-electron chi connectivity index (χ3n) is 4.40. The van der Waals surface area contributed by atoms with Gasteiger partial charge in [-0.15, -0.1) is 0 Å². The van der Waals surface area contributed by atoms with E-state index in [1.54, 1.807) is 17.1 Å². The largest absolute Gasteiger partial charge is 0.416 e. The number of rotatable bonds is 4. The highest BCUT2D eigenvalue weighted by Gasteiger charge is 2.30. The molecule has 6 nitrogen and oxygen atoms in total. The molecule has 0 saturated heterocycles. The summed E-state index contributed by atoms with van der Waals surface area (Å²) >= 11 is 6.39. The fourth-order valence-corrected chi connectivity index (χ4v) is 3.14. The number of nitrogens with one attached hydrogen (secondary N) is 1. The standard InChI is InChI=1S/C20H13ClF3N5O/c21-17-15-10-27-29(11-12-5-7-25-8-6-12)18(15)26-9-16(17)19(30)28-14-3-1-13(2-4-14)20(22,23)24/h1-10H,11H2,(H,28,30). The van der Waals surface area contributed by atoms with Gasteiger partial charge in [0.2, 0.25) is 0 Å². The molecular weight excluding hydrogens is 419 g/mol. The molecule has 0 unspecified atom stereocenters. The quantitative estimate of drug-likeness (QED) is 0.504. The van der Waals surface area contributed by atoms with Crippen LogP contribution < -0.4 is 5.32 Å². The van der Waals surface area contributed by atoms with Gasteiger partial charge in [-0.1, -0.05) is 11.6 Å². The molecule has 0 aliphatic rings. The molecule has 0 saturated carbocycles. The van der Waals surface area contributed by atoms with Gasteiger partial charge in [-0.2, -0.15) is 18.3 Å². The van der Waals surface area contributed by atoms with E-state index in [1.165, 1.54) is 24.5 Å². The second kappa shape index (κ2) is 7.75. The molecule has 0 fully saturated rings. The lowest BCUT2D eigenvalue weighted by Gasteiger charge is -2.10. The minimum absolute atomic E-state index is 0.0903. The maximum atomic E-state index is 12.7. The molecular formula is C20H13ClF3N5O. The predicted octanol–water partition coefficient (Wildman–Crippen LogP) is 4.80. The average Bonchev–Trinajstić information content (AvgIpc) is 3.12. The minimum atomic E-state index is -4.45. The van der Waals surface area contributed by atoms with Crippen molar-refractivity contribution in [3.63, 3.8) is 0 Å². The Hall–Kier alpha value is -3.46. The van der Waals surface area contributed by atoms with E-state index in [-0.39, 0.29) is 16.3 Å². The SMILES string of the molecule is O=C(Nc1ccc(C(F)(F)F)cc1)c1cnc2c(cnn2Cc2ccncc2)c1Cl. The molecule has 3 aromatic heterocycles. The van der Waals surface area contributed by atoms with Crippen molar-refractivity contribution in [3.8, 4) is 0 Å². The zero-order chi connectivity index (χ0) is 21.3. The number of benzene rings is 1. The number of anilines is 1. The predicted molar refractivity (Wildman–Crippen MR) is 105 cm³/mol. The van der Waals surface area contributed by atoms with E-state index in [0.717, 1.165) is 17.7 Å². The Morgan fingerprint density at radius 2 is 1.77 bits per heavy atom. The lowest BCUT2D eigenvalue weighted by Crippen LogP contribution is -2.13. The number of carbonyl (C=O) groups excluding carboxylic acids is 1. The summed E-state index contributed by atoms with van der Waals surface area (Å²) in [5.41, 5.74) is 0.966. The maximum absolute atomic E-state index is 12.7. The van der Waals surface area contributed by atoms with Crippen LogP contribution in [0.15, 0.2) is 61.2 Å². The lowest BCUT2D eigenvalue weighted by atomic mass is 10.2. The lowest BCUT2D eigenvalue weighted by molar-refractivity contribution is -0.137. The number of hydrogen-bond acceptors (Lipinski definition) is 4. The van der Waals surface area contributed by atoms with E-state index in [1.807, 2.05) is 12.1 Å². The smallest absolute Gasteiger partial charge is 0.322 e. The van der Waals surface area contributed by atoms with E-state index >= 15 is 0 Å². The van der Waals surface area contributed by atoms with Gasteiger partial charge in [0.25, 0.3) is 5.91 Å². The first-order valence-electron chi connectivity index (χ1n) is 8.70. The Morgan fingerprint density at radius 1 is 1.07 bits per heavy atom. The van der Waals surface area contributed by atoms with E-state index in [4.69, 9.17) is 11.6 Å². The van der Waals surface area contributed by atoms with Crippen LogP contribution in [0.5, 0.6) is 0 Å². The molecule has 1 amide bonds. The molecule has 4 rings (SSSR count). The van der Waals surface area contributed by atoms with Gasteiger partial charge in [0.05, 0.1) is 34.3 Å². The highest BCUT2D eigenvalue weighted by Crippen LogP contribution is 2.30. The molecule has 0 radical (unpaired) electrons. The zero-order valence-corrected chi connectivity index (χ0v) is 15.9. The number of aromatic nitrogens is 4. The van der Waals surface area contributed by atoms with Crippen molar-refractivity contribution >= 4 is 34.2 Å². The topological polar surface area (TPSA) is 72.7 Å². The number of hydrogen-bond donors (Lipinski definition) is 1. The first-order valence-corrected chi connectivity index (χ1v) is 9.08. The van der Waals surface area contributed by atoms with Crippen LogP contribution in [0, 0.1) is 0 Å². The van der Waals surface area contributed by atoms with Crippen molar-refractivity contribution in [3.05, 3.63) is 82.9 Å². The van der Waals surface area contributed by atoms with Crippen molar-refractivity contribution in [2.24, 2.45) is 0 Å². The Labute approximate surface area is 173 Å². The number of pyridine rings is 2. The van der Waals surface area contributed by atoms with Crippen molar-refractivity contribution in [1.29, 1.82) is 0 Å². The van der Waals surface area contributed by atoms with Crippen LogP contribution in [-0.2, 0) is 12.7 Å². The fourth-order valence-electron chi connectivity index (χ4n) is 2.87. The molecule has 1 N–H and O–H groups in total. The highest BCUT2D eigenvalue weighted by atomic mass is 35.5. The molecule has 0 atom stereocenters. The molecule has 4 aromatic rings. The minimum Gasteiger partial charge on any atom is -0.322 e. The molecule has 0 aliphatic heterocycles. The number of halogens is 4. The number of carbonyl (C=O) groups is 1. The number of amides is 1. The Kier molecular flexibility index (Phi) is 5.13.